The number of amides is 2. The maximum Gasteiger partial charge on any atom is 0.340 e. The van der Waals surface area contributed by atoms with Crippen LogP contribution in [0.15, 0.2) is 46.8 Å². The standard InChI is InChI=1S/C22H22N4O6S2/c1-4-32-20(29)16-7-5-6-8-17(16)23-18(27)12-33-22-26-25-21(34-22)24-19(28)13-9-14(30-2)11-15(10-13)31-3/h5-11H,4,12H2,1-3H3,(H,23,27)(H,24,25,28). The molecular weight excluding hydrogens is 480 g/mol. The average molecular weight is 503 g/mol. The molecule has 0 fully saturated rings. The van der Waals surface area contributed by atoms with Crippen molar-refractivity contribution in [3.05, 3.63) is 53.6 Å². The van der Waals surface area contributed by atoms with E-state index in [0.29, 0.717) is 27.1 Å². The molecule has 178 valence electrons. The van der Waals surface area contributed by atoms with Gasteiger partial charge < -0.3 is 19.5 Å². The number of benzene rings is 2. The van der Waals surface area contributed by atoms with Gasteiger partial charge in [-0.2, -0.15) is 0 Å². The zero-order valence-electron chi connectivity index (χ0n) is 18.6. The number of hydrogen-bond acceptors (Lipinski definition) is 10. The fraction of sp³-hybridized carbons (Fsp3) is 0.227. The first kappa shape index (κ1) is 25.0. The highest BCUT2D eigenvalue weighted by Crippen LogP contribution is 2.27. The second kappa shape index (κ2) is 12.0. The molecule has 2 N–H and O–H groups in total. The largest absolute Gasteiger partial charge is 0.497 e. The number of para-hydroxylation sites is 1. The third-order valence-electron chi connectivity index (χ3n) is 4.26. The minimum Gasteiger partial charge on any atom is -0.497 e. The maximum atomic E-state index is 12.6. The average Bonchev–Trinajstić information content (AvgIpc) is 3.30. The number of carbonyl (C=O) groups is 3. The highest BCUT2D eigenvalue weighted by Gasteiger charge is 2.16. The molecule has 34 heavy (non-hydrogen) atoms. The van der Waals surface area contributed by atoms with Gasteiger partial charge in [-0.3, -0.25) is 14.9 Å². The number of nitrogens with zero attached hydrogens (tertiary/aromatic N) is 2. The normalized spacial score (nSPS) is 10.3. The summed E-state index contributed by atoms with van der Waals surface area (Å²) >= 11 is 2.28. The lowest BCUT2D eigenvalue weighted by atomic mass is 10.2. The van der Waals surface area contributed by atoms with Gasteiger partial charge in [-0.05, 0) is 31.2 Å². The minimum atomic E-state index is -0.510. The minimum absolute atomic E-state index is 0.0345. The molecule has 1 aromatic heterocycles. The van der Waals surface area contributed by atoms with Crippen molar-refractivity contribution in [2.24, 2.45) is 0 Å². The van der Waals surface area contributed by atoms with Gasteiger partial charge in [0.25, 0.3) is 5.91 Å². The van der Waals surface area contributed by atoms with Crippen LogP contribution in [0, 0.1) is 0 Å². The van der Waals surface area contributed by atoms with Crippen LogP contribution in [-0.2, 0) is 9.53 Å². The van der Waals surface area contributed by atoms with Crippen LogP contribution < -0.4 is 20.1 Å². The molecule has 2 aromatic carbocycles. The molecule has 12 heteroatoms. The van der Waals surface area contributed by atoms with Crippen LogP contribution in [0.3, 0.4) is 0 Å². The first-order valence-electron chi connectivity index (χ1n) is 10.00. The smallest absolute Gasteiger partial charge is 0.340 e. The number of nitrogens with one attached hydrogen (secondary N) is 2. The fourth-order valence-electron chi connectivity index (χ4n) is 2.72. The third kappa shape index (κ3) is 6.68. The molecule has 0 aliphatic carbocycles. The van der Waals surface area contributed by atoms with Crippen LogP contribution in [-0.4, -0.2) is 54.6 Å². The lowest BCUT2D eigenvalue weighted by Gasteiger charge is -2.09. The van der Waals surface area contributed by atoms with E-state index in [1.807, 2.05) is 0 Å². The van der Waals surface area contributed by atoms with Gasteiger partial charge in [0.05, 0.1) is 37.8 Å². The van der Waals surface area contributed by atoms with Gasteiger partial charge >= 0.3 is 5.97 Å². The lowest BCUT2D eigenvalue weighted by molar-refractivity contribution is -0.113. The molecule has 1 heterocycles. The van der Waals surface area contributed by atoms with Crippen LogP contribution in [0.25, 0.3) is 0 Å². The zero-order chi connectivity index (χ0) is 24.5. The number of ether oxygens (including phenoxy) is 3. The van der Waals surface area contributed by atoms with E-state index in [0.717, 1.165) is 23.1 Å². The van der Waals surface area contributed by atoms with E-state index in [4.69, 9.17) is 14.2 Å². The van der Waals surface area contributed by atoms with Crippen LogP contribution >= 0.6 is 23.1 Å². The van der Waals surface area contributed by atoms with E-state index < -0.39 is 11.9 Å². The summed E-state index contributed by atoms with van der Waals surface area (Å²) in [6, 6.07) is 11.4. The van der Waals surface area contributed by atoms with Gasteiger partial charge in [-0.15, -0.1) is 10.2 Å². The van der Waals surface area contributed by atoms with E-state index in [1.54, 1.807) is 49.4 Å². The summed E-state index contributed by atoms with van der Waals surface area (Å²) in [5.41, 5.74) is 0.975. The molecule has 0 aliphatic rings. The number of methoxy groups -OCH3 is 2. The van der Waals surface area contributed by atoms with E-state index in [2.05, 4.69) is 20.8 Å². The van der Waals surface area contributed by atoms with Gasteiger partial charge in [0.1, 0.15) is 11.5 Å². The molecule has 0 radical (unpaired) electrons. The quantitative estimate of drug-likeness (QED) is 0.242. The predicted octanol–water partition coefficient (Wildman–Crippen LogP) is 3.72. The topological polar surface area (TPSA) is 129 Å². The van der Waals surface area contributed by atoms with Crippen LogP contribution in [0.4, 0.5) is 10.8 Å². The second-order valence-electron chi connectivity index (χ2n) is 6.53. The lowest BCUT2D eigenvalue weighted by Crippen LogP contribution is -2.17. The third-order valence-corrected chi connectivity index (χ3v) is 6.24. The summed E-state index contributed by atoms with van der Waals surface area (Å²) in [5, 5.41) is 13.6. The van der Waals surface area contributed by atoms with Crippen molar-refractivity contribution >= 4 is 51.7 Å². The van der Waals surface area contributed by atoms with Gasteiger partial charge in [-0.25, -0.2) is 4.79 Å². The Labute approximate surface area is 204 Å². The first-order valence-corrected chi connectivity index (χ1v) is 11.8. The van der Waals surface area contributed by atoms with Gasteiger partial charge in [0, 0.05) is 11.6 Å². The van der Waals surface area contributed by atoms with Crippen molar-refractivity contribution in [1.29, 1.82) is 0 Å². The molecule has 3 aromatic rings. The van der Waals surface area contributed by atoms with Crippen LogP contribution in [0.1, 0.15) is 27.6 Å². The van der Waals surface area contributed by atoms with Crippen molar-refractivity contribution in [3.8, 4) is 11.5 Å². The van der Waals surface area contributed by atoms with Crippen LogP contribution in [0.2, 0.25) is 0 Å². The number of esters is 1. The van der Waals surface area contributed by atoms with E-state index >= 15 is 0 Å². The Morgan fingerprint density at radius 3 is 2.38 bits per heavy atom. The van der Waals surface area contributed by atoms with Crippen molar-refractivity contribution in [1.82, 2.24) is 10.2 Å². The number of thioether (sulfide) groups is 1. The summed E-state index contributed by atoms with van der Waals surface area (Å²) in [5.74, 6) is -0.247. The number of anilines is 2. The first-order chi connectivity index (χ1) is 16.4. The molecule has 2 amide bonds. The Hall–Kier alpha value is -3.64. The SMILES string of the molecule is CCOC(=O)c1ccccc1NC(=O)CSc1nnc(NC(=O)c2cc(OC)cc(OC)c2)s1. The number of carbonyl (C=O) groups excluding carboxylic acids is 3. The molecule has 0 saturated heterocycles. The molecular formula is C22H22N4O6S2. The molecule has 3 rings (SSSR count). The Bertz CT molecular complexity index is 1160. The summed E-state index contributed by atoms with van der Waals surface area (Å²) in [6.07, 6.45) is 0. The Balaban J connectivity index is 1.57. The second-order valence-corrected chi connectivity index (χ2v) is 8.73. The van der Waals surface area contributed by atoms with Gasteiger partial charge in [0.15, 0.2) is 4.34 Å². The molecule has 0 saturated carbocycles. The Morgan fingerprint density at radius 1 is 1.00 bits per heavy atom. The molecule has 0 unspecified atom stereocenters. The number of aromatic nitrogens is 2. The summed E-state index contributed by atoms with van der Waals surface area (Å²) in [4.78, 5) is 37.0. The molecule has 0 atom stereocenters. The monoisotopic (exact) mass is 502 g/mol. The summed E-state index contributed by atoms with van der Waals surface area (Å²) < 4.78 is 15.9. The highest BCUT2D eigenvalue weighted by molar-refractivity contribution is 8.01. The predicted molar refractivity (Wildman–Crippen MR) is 129 cm³/mol. The van der Waals surface area contributed by atoms with E-state index in [9.17, 15) is 14.4 Å². The Kier molecular flexibility index (Phi) is 8.82. The van der Waals surface area contributed by atoms with Crippen molar-refractivity contribution in [2.45, 2.75) is 11.3 Å². The Morgan fingerprint density at radius 2 is 1.71 bits per heavy atom. The van der Waals surface area contributed by atoms with E-state index in [1.165, 1.54) is 14.2 Å². The van der Waals surface area contributed by atoms with Gasteiger partial charge in [-0.1, -0.05) is 35.2 Å². The summed E-state index contributed by atoms with van der Waals surface area (Å²) in [6.45, 7) is 1.94. The molecule has 10 nitrogen and oxygen atoms in total. The maximum absolute atomic E-state index is 12.6. The van der Waals surface area contributed by atoms with Crippen molar-refractivity contribution < 1.29 is 28.6 Å². The van der Waals surface area contributed by atoms with Crippen molar-refractivity contribution in [3.63, 3.8) is 0 Å². The van der Waals surface area contributed by atoms with Gasteiger partial charge in [0.2, 0.25) is 11.0 Å². The van der Waals surface area contributed by atoms with E-state index in [-0.39, 0.29) is 29.0 Å². The fourth-order valence-corrected chi connectivity index (χ4v) is 4.27. The molecule has 0 aliphatic heterocycles. The summed E-state index contributed by atoms with van der Waals surface area (Å²) in [7, 11) is 2.99. The van der Waals surface area contributed by atoms with Crippen molar-refractivity contribution in [2.75, 3.05) is 37.2 Å². The number of rotatable bonds is 10. The zero-order valence-corrected chi connectivity index (χ0v) is 20.2. The molecule has 0 spiro atoms. The molecule has 0 bridgehead atoms. The van der Waals surface area contributed by atoms with Crippen LogP contribution in [0.5, 0.6) is 11.5 Å². The highest BCUT2D eigenvalue weighted by atomic mass is 32.2. The number of hydrogen-bond donors (Lipinski definition) is 2.